The molecule has 0 aromatic rings. The Morgan fingerprint density at radius 2 is 0.740 bits per heavy atom. The van der Waals surface area contributed by atoms with Gasteiger partial charge in [-0.25, -0.2) is 0 Å². The predicted molar refractivity (Wildman–Crippen MR) is 440 cm³/mol. The van der Waals surface area contributed by atoms with E-state index < -0.39 is 0 Å². The monoisotopic (exact) mass is 1490 g/mol. The van der Waals surface area contributed by atoms with Gasteiger partial charge < -0.3 is 34.6 Å². The zero-order valence-corrected chi connectivity index (χ0v) is 77.7. The summed E-state index contributed by atoms with van der Waals surface area (Å²) in [6.07, 6.45) is 4.78. The summed E-state index contributed by atoms with van der Waals surface area (Å²) in [4.78, 5) is 126. The zero-order valence-electron chi connectivity index (χ0n) is 77.7. The van der Waals surface area contributed by atoms with Gasteiger partial charge in [0.2, 0.25) is 23.6 Å². The van der Waals surface area contributed by atoms with E-state index in [0.29, 0.717) is 55.9 Å². The number of hydrogen-bond acceptors (Lipinski definition) is 15. The second-order valence-corrected chi connectivity index (χ2v) is 38.5. The van der Waals surface area contributed by atoms with E-state index >= 15 is 0 Å². The maximum Gasteiger partial charge on any atom is 0.311 e. The van der Waals surface area contributed by atoms with Crippen LogP contribution in [0.1, 0.15) is 337 Å². The number of ether oxygens (including phenoxy) is 3. The Bertz CT molecular complexity index is 2250. The lowest BCUT2D eigenvalue weighted by Crippen LogP contribution is -2.36. The van der Waals surface area contributed by atoms with E-state index in [1.54, 1.807) is 37.9 Å². The van der Waals surface area contributed by atoms with Crippen LogP contribution in [0, 0.1) is 71.4 Å². The van der Waals surface area contributed by atoms with Crippen LogP contribution in [0.25, 0.3) is 0 Å². The molecule has 0 unspecified atom stereocenters. The molecule has 0 spiro atoms. The van der Waals surface area contributed by atoms with Gasteiger partial charge in [-0.1, -0.05) is 215 Å². The van der Waals surface area contributed by atoms with Crippen LogP contribution in [-0.4, -0.2) is 161 Å². The molecule has 1 saturated heterocycles. The summed E-state index contributed by atoms with van der Waals surface area (Å²) in [6.45, 7) is 90.1. The number of carbonyl (C=O) groups excluding carboxylic acids is 11. The minimum absolute atomic E-state index is 0.0810. The van der Waals surface area contributed by atoms with Crippen LogP contribution in [0.3, 0.4) is 0 Å². The van der Waals surface area contributed by atoms with Gasteiger partial charge in [-0.15, -0.1) is 0 Å². The van der Waals surface area contributed by atoms with Crippen molar-refractivity contribution >= 4 is 64.7 Å². The standard InChI is InChI=1S/C10H19NO.C9H18O.C8H17NO.C8H16O2.2C7H15NO.C7H14O2.C7H14O.C6H13NO.C6H12O2.C6H12O.C4H10/c1-10(2,3)9(12)8-11-6-4-5-7-11;1-7(2)6-8(10)9(3,4)5;1-6-9(5)7(10)8(2,3)4;1-5-6-10-7(9)8(2,3)4;1-7(2,3)6(9)8(4)5;1-5-8-6(9)7(2,3)4;1-5-9-6(8)7(2,3)4;1-5-6(8)7(2,3)4;1-6(2,3)5(8)7-4;1-6(2,3)5(7)8-4;1-5(7)6(2,3)4;1-4(2)3/h4-8H2,1-3H3;7H,6H2,1-5H3;6H2,1-5H3;5-6H2,1-4H3;1-5H3;5H2,1-4H3,(H,8,9);5H2,1-4H3;5H2,1-4H3;1-4H3,(H,7,8);1-4H3;1-4H3;4H,1-3H3. The number of methoxy groups -OCH3 is 1. The van der Waals surface area contributed by atoms with Gasteiger partial charge in [0, 0.05) is 97.4 Å². The molecular weight excluding hydrogens is 1310 g/mol. The highest BCUT2D eigenvalue weighted by Gasteiger charge is 2.28. The summed E-state index contributed by atoms with van der Waals surface area (Å²) in [7, 11) is 8.41. The van der Waals surface area contributed by atoms with Gasteiger partial charge in [0.05, 0.1) is 43.1 Å². The molecule has 0 atom stereocenters. The molecule has 4 amide bonds. The van der Waals surface area contributed by atoms with Crippen molar-refractivity contribution in [2.75, 3.05) is 81.2 Å². The number of Topliss-reactive ketones (excluding diaryl/α,β-unsaturated/α-hetero) is 4. The Morgan fingerprint density at radius 3 is 0.856 bits per heavy atom. The molecule has 1 rings (SSSR count). The van der Waals surface area contributed by atoms with Crippen LogP contribution in [0.5, 0.6) is 0 Å². The van der Waals surface area contributed by atoms with Crippen molar-refractivity contribution < 1.29 is 67.0 Å². The lowest BCUT2D eigenvalue weighted by Gasteiger charge is -2.24. The first kappa shape index (κ1) is 123. The molecule has 1 heterocycles. The Labute approximate surface area is 643 Å². The van der Waals surface area contributed by atoms with E-state index in [2.05, 4.69) is 54.9 Å². The molecule has 1 aliphatic heterocycles. The molecule has 0 aromatic heterocycles. The maximum atomic E-state index is 11.6. The Hall–Kier alpha value is -5.07. The fourth-order valence-corrected chi connectivity index (χ4v) is 5.84. The summed E-state index contributed by atoms with van der Waals surface area (Å²) >= 11 is 0. The van der Waals surface area contributed by atoms with Gasteiger partial charge in [0.1, 0.15) is 17.3 Å². The SMILES string of the molecule is CC(=O)C(C)(C)C.CC(C)(C)C(=O)CN1CCCC1.CC(C)C.CC(C)CC(=O)C(C)(C)C.CCC(=O)C(C)(C)C.CCCOC(=O)C(C)(C)C.CCN(C)C(=O)C(C)(C)C.CCNC(=O)C(C)(C)C.CCOC(=O)C(C)(C)C.CN(C)C(=O)C(C)(C)C.CNC(=O)C(C)(C)C.COC(=O)C(C)(C)C. The van der Waals surface area contributed by atoms with Gasteiger partial charge in [0.25, 0.3) is 0 Å². The summed E-state index contributed by atoms with van der Waals surface area (Å²) in [5, 5.41) is 5.31. The lowest BCUT2D eigenvalue weighted by molar-refractivity contribution is -0.153. The molecule has 1 fully saturated rings. The fourth-order valence-electron chi connectivity index (χ4n) is 5.84. The fraction of sp³-hybridized carbons (Fsp3) is 0.871. The Kier molecular flexibility index (Phi) is 68.5. The molecule has 1 aliphatic rings. The van der Waals surface area contributed by atoms with E-state index in [1.807, 2.05) is 270 Å². The van der Waals surface area contributed by atoms with E-state index in [9.17, 15) is 52.7 Å². The second kappa shape index (κ2) is 58.0. The molecule has 624 valence electrons. The number of rotatable bonds is 10. The second-order valence-electron chi connectivity index (χ2n) is 38.5. The zero-order chi connectivity index (χ0) is 86.8. The molecule has 0 saturated carbocycles. The van der Waals surface area contributed by atoms with Crippen molar-refractivity contribution in [2.45, 2.75) is 337 Å². The number of esters is 3. The smallest absolute Gasteiger partial charge is 0.311 e. The van der Waals surface area contributed by atoms with Gasteiger partial charge in [0.15, 0.2) is 5.78 Å². The van der Waals surface area contributed by atoms with Gasteiger partial charge in [-0.3, -0.25) is 57.6 Å². The molecule has 0 bridgehead atoms. The molecule has 0 radical (unpaired) electrons. The third-order valence-electron chi connectivity index (χ3n) is 13.2. The summed E-state index contributed by atoms with van der Waals surface area (Å²) in [5.41, 5.74) is -2.58. The van der Waals surface area contributed by atoms with Crippen LogP contribution in [0.4, 0.5) is 0 Å². The summed E-state index contributed by atoms with van der Waals surface area (Å²) in [5.74, 6) is 2.78. The number of carbonyl (C=O) groups is 11. The first-order valence-electron chi connectivity index (χ1n) is 37.9. The third-order valence-corrected chi connectivity index (χ3v) is 13.2. The molecule has 0 aliphatic carbocycles. The van der Waals surface area contributed by atoms with Gasteiger partial charge in [-0.2, -0.15) is 0 Å². The van der Waals surface area contributed by atoms with E-state index in [1.165, 1.54) is 20.0 Å². The van der Waals surface area contributed by atoms with Crippen molar-refractivity contribution in [3.8, 4) is 0 Å². The lowest BCUT2D eigenvalue weighted by atomic mass is 9.86. The quantitative estimate of drug-likeness (QED) is 0.152. The number of nitrogens with one attached hydrogen (secondary N) is 2. The Morgan fingerprint density at radius 1 is 0.423 bits per heavy atom. The molecule has 104 heavy (non-hydrogen) atoms. The van der Waals surface area contributed by atoms with Crippen LogP contribution < -0.4 is 10.6 Å². The van der Waals surface area contributed by atoms with Crippen molar-refractivity contribution in [1.82, 2.24) is 25.3 Å². The summed E-state index contributed by atoms with van der Waals surface area (Å²) < 4.78 is 14.2. The number of hydrogen-bond donors (Lipinski definition) is 2. The first-order valence-corrected chi connectivity index (χ1v) is 37.9. The first-order chi connectivity index (χ1) is 45.6. The van der Waals surface area contributed by atoms with E-state index in [0.717, 1.165) is 38.5 Å². The highest BCUT2D eigenvalue weighted by molar-refractivity contribution is 5.86. The van der Waals surface area contributed by atoms with Gasteiger partial charge >= 0.3 is 17.9 Å². The number of nitrogens with zero attached hydrogens (tertiary/aromatic N) is 3. The highest BCUT2D eigenvalue weighted by atomic mass is 16.5. The van der Waals surface area contributed by atoms with Crippen LogP contribution in [0.15, 0.2) is 0 Å². The normalized spacial score (nSPS) is 12.2. The molecule has 19 nitrogen and oxygen atoms in total. The van der Waals surface area contributed by atoms with Crippen molar-refractivity contribution in [1.29, 1.82) is 0 Å². The summed E-state index contributed by atoms with van der Waals surface area (Å²) in [6, 6.07) is 0. The Balaban J connectivity index is -0.000000101. The van der Waals surface area contributed by atoms with Crippen molar-refractivity contribution in [2.24, 2.45) is 71.4 Å². The van der Waals surface area contributed by atoms with Crippen LogP contribution >= 0.6 is 0 Å². The number of amides is 4. The van der Waals surface area contributed by atoms with Gasteiger partial charge in [-0.05, 0) is 134 Å². The van der Waals surface area contributed by atoms with Crippen LogP contribution in [0.2, 0.25) is 0 Å². The van der Waals surface area contributed by atoms with E-state index in [4.69, 9.17) is 9.47 Å². The molecule has 19 heteroatoms. The van der Waals surface area contributed by atoms with Crippen molar-refractivity contribution in [3.05, 3.63) is 0 Å². The third kappa shape index (κ3) is 85.9. The predicted octanol–water partition coefficient (Wildman–Crippen LogP) is 19.0. The maximum absolute atomic E-state index is 11.6. The molecule has 2 N–H and O–H groups in total. The van der Waals surface area contributed by atoms with Crippen LogP contribution in [-0.2, 0) is 67.0 Å². The average Bonchev–Trinajstić information content (AvgIpc) is 1.83. The number of ketones is 4. The molecular formula is C85H175N5O14. The highest BCUT2D eigenvalue weighted by Crippen LogP contribution is 2.22. The van der Waals surface area contributed by atoms with Crippen molar-refractivity contribution in [3.63, 3.8) is 0 Å². The average molecular weight is 1490 g/mol. The topological polar surface area (TPSA) is 249 Å². The minimum atomic E-state index is -0.352. The number of likely N-dealkylation sites (tertiary alicyclic amines) is 1. The van der Waals surface area contributed by atoms with E-state index in [-0.39, 0.29) is 107 Å². The molecule has 0 aromatic carbocycles. The minimum Gasteiger partial charge on any atom is -0.469 e. The largest absolute Gasteiger partial charge is 0.469 e.